The molecule has 0 saturated carbocycles. The lowest BCUT2D eigenvalue weighted by Crippen LogP contribution is -2.07. The first-order valence-corrected chi connectivity index (χ1v) is 8.29. The van der Waals surface area contributed by atoms with Crippen molar-refractivity contribution in [2.45, 2.75) is 20.3 Å². The van der Waals surface area contributed by atoms with Crippen molar-refractivity contribution in [3.05, 3.63) is 25.2 Å². The molecule has 0 bridgehead atoms. The molecule has 2 heterocycles. The van der Waals surface area contributed by atoms with Gasteiger partial charge in [0.1, 0.15) is 5.82 Å². The first kappa shape index (κ1) is 14.2. The van der Waals surface area contributed by atoms with E-state index in [2.05, 4.69) is 62.3 Å². The van der Waals surface area contributed by atoms with E-state index in [0.29, 0.717) is 17.6 Å². The van der Waals surface area contributed by atoms with Crippen LogP contribution >= 0.6 is 49.9 Å². The van der Waals surface area contributed by atoms with E-state index in [0.717, 1.165) is 25.0 Å². The molecule has 2 N–H and O–H groups in total. The largest absolute Gasteiger partial charge is 0.383 e. The summed E-state index contributed by atoms with van der Waals surface area (Å²) in [5, 5.41) is 2.01. The van der Waals surface area contributed by atoms with Gasteiger partial charge in [-0.3, -0.25) is 0 Å². The summed E-state index contributed by atoms with van der Waals surface area (Å²) in [6.45, 7) is 4.35. The Balaban J connectivity index is 2.51. The van der Waals surface area contributed by atoms with Crippen molar-refractivity contribution < 1.29 is 0 Å². The van der Waals surface area contributed by atoms with Crippen molar-refractivity contribution in [1.82, 2.24) is 9.97 Å². The van der Waals surface area contributed by atoms with Crippen LogP contribution in [0.2, 0.25) is 0 Å². The summed E-state index contributed by atoms with van der Waals surface area (Å²) in [5.41, 5.74) is 7.02. The van der Waals surface area contributed by atoms with E-state index in [1.165, 1.54) is 0 Å². The molecular weight excluding hydrogens is 425 g/mol. The average molecular weight is 438 g/mol. The minimum absolute atomic E-state index is 0.549. The number of nitrogens with two attached hydrogens (primary N) is 1. The number of nitrogen functional groups attached to an aromatic ring is 1. The Morgan fingerprint density at radius 1 is 1.44 bits per heavy atom. The maximum Gasteiger partial charge on any atom is 0.173 e. The number of hydrogen-bond donors (Lipinski definition) is 1. The van der Waals surface area contributed by atoms with Crippen LogP contribution in [0.5, 0.6) is 0 Å². The molecular formula is C12H13BrIN3S. The molecule has 2 aromatic rings. The van der Waals surface area contributed by atoms with Crippen molar-refractivity contribution in [1.29, 1.82) is 0 Å². The van der Waals surface area contributed by atoms with Crippen molar-refractivity contribution in [2.75, 3.05) is 5.73 Å². The van der Waals surface area contributed by atoms with E-state index in [4.69, 9.17) is 5.73 Å². The van der Waals surface area contributed by atoms with Gasteiger partial charge in [-0.2, -0.15) is 0 Å². The van der Waals surface area contributed by atoms with E-state index >= 15 is 0 Å². The zero-order chi connectivity index (χ0) is 13.3. The molecule has 0 aliphatic rings. The summed E-state index contributed by atoms with van der Waals surface area (Å²) >= 11 is 7.35. The van der Waals surface area contributed by atoms with Crippen molar-refractivity contribution in [3.63, 3.8) is 0 Å². The summed E-state index contributed by atoms with van der Waals surface area (Å²) in [6, 6.07) is 2.00. The Labute approximate surface area is 132 Å². The number of halogens is 2. The van der Waals surface area contributed by atoms with Gasteiger partial charge >= 0.3 is 0 Å². The number of anilines is 1. The Bertz CT molecular complexity index is 568. The minimum atomic E-state index is 0.549. The van der Waals surface area contributed by atoms with E-state index < -0.39 is 0 Å². The molecule has 0 aromatic carbocycles. The summed E-state index contributed by atoms with van der Waals surface area (Å²) in [7, 11) is 0. The van der Waals surface area contributed by atoms with Gasteiger partial charge in [-0.25, -0.2) is 9.97 Å². The second-order valence-corrected chi connectivity index (χ2v) is 7.24. The molecule has 0 unspecified atom stereocenters. The van der Waals surface area contributed by atoms with Crippen LogP contribution in [0.25, 0.3) is 10.7 Å². The molecule has 0 fully saturated rings. The van der Waals surface area contributed by atoms with Gasteiger partial charge in [0.2, 0.25) is 0 Å². The zero-order valence-corrected chi connectivity index (χ0v) is 14.6. The molecule has 0 aliphatic carbocycles. The molecule has 0 atom stereocenters. The number of thiophene rings is 1. The highest BCUT2D eigenvalue weighted by molar-refractivity contribution is 14.1. The third kappa shape index (κ3) is 3.03. The molecule has 3 nitrogen and oxygen atoms in total. The maximum absolute atomic E-state index is 5.98. The third-order valence-corrected chi connectivity index (χ3v) is 5.38. The first-order chi connectivity index (χ1) is 8.49. The average Bonchev–Trinajstić information content (AvgIpc) is 2.70. The zero-order valence-electron chi connectivity index (χ0n) is 10.1. The summed E-state index contributed by atoms with van der Waals surface area (Å²) in [5.74, 6) is 1.83. The standard InChI is InChI=1S/C12H13BrIN3S/c1-6(2)5-8-9(14)11(15)17-12(16-8)10-7(13)3-4-18-10/h3-4,6H,5H2,1-2H3,(H2,15,16,17). The smallest absolute Gasteiger partial charge is 0.173 e. The fourth-order valence-electron chi connectivity index (χ4n) is 1.59. The second kappa shape index (κ2) is 5.83. The molecule has 0 radical (unpaired) electrons. The van der Waals surface area contributed by atoms with E-state index in [1.807, 2.05) is 11.4 Å². The molecule has 0 saturated heterocycles. The lowest BCUT2D eigenvalue weighted by molar-refractivity contribution is 0.632. The van der Waals surface area contributed by atoms with Crippen LogP contribution in [0.15, 0.2) is 15.9 Å². The Morgan fingerprint density at radius 2 is 2.17 bits per heavy atom. The van der Waals surface area contributed by atoms with Gasteiger partial charge in [0.25, 0.3) is 0 Å². The summed E-state index contributed by atoms with van der Waals surface area (Å²) in [4.78, 5) is 10.1. The van der Waals surface area contributed by atoms with Gasteiger partial charge in [0, 0.05) is 4.47 Å². The molecule has 96 valence electrons. The second-order valence-electron chi connectivity index (χ2n) is 4.39. The van der Waals surface area contributed by atoms with Gasteiger partial charge in [0.15, 0.2) is 5.82 Å². The Hall–Kier alpha value is -0.210. The highest BCUT2D eigenvalue weighted by Crippen LogP contribution is 2.33. The van der Waals surface area contributed by atoms with Crippen LogP contribution < -0.4 is 5.73 Å². The van der Waals surface area contributed by atoms with Gasteiger partial charge in [-0.15, -0.1) is 11.3 Å². The van der Waals surface area contributed by atoms with E-state index in [9.17, 15) is 0 Å². The number of hydrogen-bond acceptors (Lipinski definition) is 4. The molecule has 6 heteroatoms. The monoisotopic (exact) mass is 437 g/mol. The number of rotatable bonds is 3. The fourth-order valence-corrected chi connectivity index (χ4v) is 3.53. The Kier molecular flexibility index (Phi) is 4.60. The predicted molar refractivity (Wildman–Crippen MR) is 88.7 cm³/mol. The first-order valence-electron chi connectivity index (χ1n) is 5.54. The molecule has 2 aromatic heterocycles. The fraction of sp³-hybridized carbons (Fsp3) is 0.333. The van der Waals surface area contributed by atoms with Crippen LogP contribution in [-0.2, 0) is 6.42 Å². The highest BCUT2D eigenvalue weighted by Gasteiger charge is 2.15. The topological polar surface area (TPSA) is 51.8 Å². The van der Waals surface area contributed by atoms with Crippen LogP contribution in [0.4, 0.5) is 5.82 Å². The van der Waals surface area contributed by atoms with Crippen LogP contribution in [0.1, 0.15) is 19.5 Å². The molecule has 0 spiro atoms. The van der Waals surface area contributed by atoms with Crippen molar-refractivity contribution in [3.8, 4) is 10.7 Å². The third-order valence-electron chi connectivity index (χ3n) is 2.37. The van der Waals surface area contributed by atoms with Gasteiger partial charge < -0.3 is 5.73 Å². The molecule has 0 amide bonds. The number of aromatic nitrogens is 2. The highest BCUT2D eigenvalue weighted by atomic mass is 127. The Morgan fingerprint density at radius 3 is 2.72 bits per heavy atom. The maximum atomic E-state index is 5.98. The molecule has 2 rings (SSSR count). The van der Waals surface area contributed by atoms with Gasteiger partial charge in [0.05, 0.1) is 14.1 Å². The summed E-state index contributed by atoms with van der Waals surface area (Å²) < 4.78 is 1.99. The van der Waals surface area contributed by atoms with Gasteiger partial charge in [-0.05, 0) is 62.3 Å². The van der Waals surface area contributed by atoms with Crippen molar-refractivity contribution >= 4 is 55.7 Å². The van der Waals surface area contributed by atoms with E-state index in [-0.39, 0.29) is 0 Å². The van der Waals surface area contributed by atoms with Crippen molar-refractivity contribution in [2.24, 2.45) is 5.92 Å². The normalized spacial score (nSPS) is 11.2. The van der Waals surface area contributed by atoms with E-state index in [1.54, 1.807) is 11.3 Å². The lowest BCUT2D eigenvalue weighted by Gasteiger charge is -2.10. The predicted octanol–water partition coefficient (Wildman–Crippen LogP) is 4.35. The van der Waals surface area contributed by atoms with Crippen LogP contribution in [0, 0.1) is 9.49 Å². The SMILES string of the molecule is CC(C)Cc1nc(-c2sccc2Br)nc(N)c1I. The minimum Gasteiger partial charge on any atom is -0.383 e. The lowest BCUT2D eigenvalue weighted by atomic mass is 10.1. The van der Waals surface area contributed by atoms with Gasteiger partial charge in [-0.1, -0.05) is 13.8 Å². The molecule has 18 heavy (non-hydrogen) atoms. The number of nitrogens with zero attached hydrogens (tertiary/aromatic N) is 2. The van der Waals surface area contributed by atoms with Crippen LogP contribution in [0.3, 0.4) is 0 Å². The summed E-state index contributed by atoms with van der Waals surface area (Å²) in [6.07, 6.45) is 0.918. The molecule has 0 aliphatic heterocycles. The van der Waals surface area contributed by atoms with Crippen LogP contribution in [-0.4, -0.2) is 9.97 Å². The quantitative estimate of drug-likeness (QED) is 0.726.